The summed E-state index contributed by atoms with van der Waals surface area (Å²) in [7, 11) is 0. The summed E-state index contributed by atoms with van der Waals surface area (Å²) >= 11 is 0. The Bertz CT molecular complexity index is 657. The van der Waals surface area contributed by atoms with Gasteiger partial charge in [-0.1, -0.05) is 32.6 Å². The highest BCUT2D eigenvalue weighted by Gasteiger charge is 2.02. The molecule has 0 spiro atoms. The van der Waals surface area contributed by atoms with E-state index in [1.165, 1.54) is 19.3 Å². The Hall–Kier alpha value is -1.50. The second kappa shape index (κ2) is 41.7. The van der Waals surface area contributed by atoms with Gasteiger partial charge in [-0.3, -0.25) is 9.59 Å². The van der Waals surface area contributed by atoms with Crippen molar-refractivity contribution in [1.82, 2.24) is 0 Å². The molecule has 0 unspecified atom stereocenters. The fourth-order valence-corrected chi connectivity index (χ4v) is 3.62. The zero-order valence-electron chi connectivity index (χ0n) is 29.4. The molecule has 0 fully saturated rings. The van der Waals surface area contributed by atoms with Crippen molar-refractivity contribution in [2.75, 3.05) is 152 Å². The lowest BCUT2D eigenvalue weighted by Crippen LogP contribution is -2.15. The molecule has 0 atom stereocenters. The zero-order valence-corrected chi connectivity index (χ0v) is 29.4. The van der Waals surface area contributed by atoms with Crippen LogP contribution in [0.25, 0.3) is 0 Å². The van der Waals surface area contributed by atoms with Gasteiger partial charge >= 0.3 is 11.9 Å². The van der Waals surface area contributed by atoms with Crippen LogP contribution in [0.3, 0.4) is 0 Å². The van der Waals surface area contributed by atoms with Gasteiger partial charge in [-0.05, 0) is 6.42 Å². The number of carboxylic acid groups (broad SMARTS) is 1. The number of hydrogen-bond donors (Lipinski definition) is 1. The van der Waals surface area contributed by atoms with Crippen LogP contribution in [0.2, 0.25) is 0 Å². The van der Waals surface area contributed by atoms with E-state index in [1.807, 2.05) is 0 Å². The fraction of sp³-hybridized carbons (Fsp3) is 0.939. The normalized spacial score (nSPS) is 11.4. The Morgan fingerprint density at radius 1 is 0.354 bits per heavy atom. The Balaban J connectivity index is 3.09. The predicted octanol–water partition coefficient (Wildman–Crippen LogP) is 2.55. The second-order valence-corrected chi connectivity index (χ2v) is 10.3. The summed E-state index contributed by atoms with van der Waals surface area (Å²) in [6, 6.07) is 0. The van der Waals surface area contributed by atoms with Crippen LogP contribution in [0.5, 0.6) is 0 Å². The van der Waals surface area contributed by atoms with Gasteiger partial charge in [-0.2, -0.15) is 0 Å². The first-order valence-electron chi connectivity index (χ1n) is 17.4. The van der Waals surface area contributed by atoms with Crippen LogP contribution in [0.1, 0.15) is 51.9 Å². The van der Waals surface area contributed by atoms with Crippen LogP contribution < -0.4 is 0 Å². The molecule has 0 saturated heterocycles. The van der Waals surface area contributed by atoms with E-state index in [0.29, 0.717) is 145 Å². The molecule has 0 aliphatic rings. The first-order valence-corrected chi connectivity index (χ1v) is 17.4. The van der Waals surface area contributed by atoms with Crippen LogP contribution in [-0.2, 0) is 66.4 Å². The first kappa shape index (κ1) is 46.5. The molecule has 0 amide bonds. The van der Waals surface area contributed by atoms with Crippen molar-refractivity contribution in [3.8, 4) is 0 Å². The van der Waals surface area contributed by atoms with Crippen molar-refractivity contribution >= 4 is 11.9 Å². The van der Waals surface area contributed by atoms with Gasteiger partial charge in [0.15, 0.2) is 0 Å². The molecule has 0 radical (unpaired) electrons. The van der Waals surface area contributed by atoms with Gasteiger partial charge in [-0.15, -0.1) is 0 Å². The third-order valence-corrected chi connectivity index (χ3v) is 6.16. The minimum Gasteiger partial charge on any atom is -0.481 e. The van der Waals surface area contributed by atoms with Crippen LogP contribution in [0.15, 0.2) is 0 Å². The Morgan fingerprint density at radius 2 is 0.625 bits per heavy atom. The van der Waals surface area contributed by atoms with Gasteiger partial charge in [0, 0.05) is 6.42 Å². The van der Waals surface area contributed by atoms with E-state index in [2.05, 4.69) is 6.92 Å². The third kappa shape index (κ3) is 42.5. The topological polar surface area (TPSA) is 165 Å². The van der Waals surface area contributed by atoms with Gasteiger partial charge in [0.05, 0.1) is 152 Å². The highest BCUT2D eigenvalue weighted by atomic mass is 16.6. The highest BCUT2D eigenvalue weighted by molar-refractivity contribution is 5.69. The summed E-state index contributed by atoms with van der Waals surface area (Å²) in [5.74, 6) is -1.03. The minimum atomic E-state index is -0.876. The van der Waals surface area contributed by atoms with E-state index < -0.39 is 5.97 Å². The molecule has 286 valence electrons. The molecule has 0 bridgehead atoms. The van der Waals surface area contributed by atoms with Crippen LogP contribution >= 0.6 is 0 Å². The molecule has 0 saturated carbocycles. The minimum absolute atomic E-state index is 0.00474. The third-order valence-electron chi connectivity index (χ3n) is 6.16. The molecular weight excluding hydrogens is 636 g/mol. The summed E-state index contributed by atoms with van der Waals surface area (Å²) in [4.78, 5) is 21.9. The van der Waals surface area contributed by atoms with Gasteiger partial charge in [0.1, 0.15) is 6.61 Å². The van der Waals surface area contributed by atoms with E-state index >= 15 is 0 Å². The number of carbonyl (C=O) groups is 2. The molecular formula is C33H64O15. The average molecular weight is 701 g/mol. The quantitative estimate of drug-likeness (QED) is 0.0729. The monoisotopic (exact) mass is 700 g/mol. The molecule has 0 aliphatic carbocycles. The predicted molar refractivity (Wildman–Crippen MR) is 176 cm³/mol. The van der Waals surface area contributed by atoms with E-state index in [9.17, 15) is 9.59 Å². The molecule has 0 aromatic rings. The summed E-state index contributed by atoms with van der Waals surface area (Å²) in [6.07, 6.45) is 6.04. The SMILES string of the molecule is CCCCCCCC(=O)OCCOCCOCCOCCOCCOCCOCCOCCOCCOCCOCCOCCC(=O)O. The maximum atomic E-state index is 11.6. The smallest absolute Gasteiger partial charge is 0.305 e. The molecule has 0 aliphatic heterocycles. The fourth-order valence-electron chi connectivity index (χ4n) is 3.62. The number of aliphatic carboxylic acids is 1. The van der Waals surface area contributed by atoms with Gasteiger partial charge < -0.3 is 61.9 Å². The van der Waals surface area contributed by atoms with Crippen molar-refractivity contribution in [3.63, 3.8) is 0 Å². The van der Waals surface area contributed by atoms with E-state index in [0.717, 1.165) is 12.8 Å². The highest BCUT2D eigenvalue weighted by Crippen LogP contribution is 2.05. The largest absolute Gasteiger partial charge is 0.481 e. The number of rotatable bonds is 42. The van der Waals surface area contributed by atoms with Crippen molar-refractivity contribution in [2.24, 2.45) is 0 Å². The van der Waals surface area contributed by atoms with Gasteiger partial charge in [0.2, 0.25) is 0 Å². The molecule has 48 heavy (non-hydrogen) atoms. The summed E-state index contributed by atoms with van der Waals surface area (Å²) in [5, 5.41) is 8.49. The van der Waals surface area contributed by atoms with E-state index in [-0.39, 0.29) is 25.6 Å². The second-order valence-electron chi connectivity index (χ2n) is 10.3. The molecule has 0 aromatic carbocycles. The maximum absolute atomic E-state index is 11.6. The number of hydrogen-bond acceptors (Lipinski definition) is 14. The number of unbranched alkanes of at least 4 members (excludes halogenated alkanes) is 4. The average Bonchev–Trinajstić information content (AvgIpc) is 3.07. The first-order chi connectivity index (χ1) is 23.7. The van der Waals surface area contributed by atoms with E-state index in [1.54, 1.807) is 0 Å². The number of carbonyl (C=O) groups excluding carboxylic acids is 1. The molecule has 1 N–H and O–H groups in total. The lowest BCUT2D eigenvalue weighted by molar-refractivity contribution is -0.145. The molecule has 15 nitrogen and oxygen atoms in total. The number of esters is 1. The summed E-state index contributed by atoms with van der Waals surface area (Å²) < 4.78 is 64.6. The van der Waals surface area contributed by atoms with E-state index in [4.69, 9.17) is 61.9 Å². The maximum Gasteiger partial charge on any atom is 0.305 e. The number of ether oxygens (including phenoxy) is 12. The van der Waals surface area contributed by atoms with Crippen molar-refractivity contribution in [1.29, 1.82) is 0 Å². The van der Waals surface area contributed by atoms with Crippen LogP contribution in [-0.4, -0.2) is 169 Å². The van der Waals surface area contributed by atoms with Crippen molar-refractivity contribution in [3.05, 3.63) is 0 Å². The molecule has 15 heteroatoms. The molecule has 0 aromatic heterocycles. The Kier molecular flexibility index (Phi) is 40.4. The van der Waals surface area contributed by atoms with Crippen LogP contribution in [0.4, 0.5) is 0 Å². The van der Waals surface area contributed by atoms with Gasteiger partial charge in [0.25, 0.3) is 0 Å². The Labute approximate surface area is 287 Å². The lowest BCUT2D eigenvalue weighted by Gasteiger charge is -2.09. The van der Waals surface area contributed by atoms with Gasteiger partial charge in [-0.25, -0.2) is 0 Å². The zero-order chi connectivity index (χ0) is 34.9. The molecule has 0 rings (SSSR count). The lowest BCUT2D eigenvalue weighted by atomic mass is 10.1. The Morgan fingerprint density at radius 3 is 0.917 bits per heavy atom. The van der Waals surface area contributed by atoms with Crippen LogP contribution in [0, 0.1) is 0 Å². The van der Waals surface area contributed by atoms with Crippen molar-refractivity contribution in [2.45, 2.75) is 51.9 Å². The summed E-state index contributed by atoms with van der Waals surface area (Å²) in [6.45, 7) is 12.3. The standard InChI is InChI=1S/C33H64O15/c1-2-3-4-5-6-7-33(36)48-31-30-47-29-28-46-27-26-45-25-24-44-23-22-43-21-20-42-19-18-41-17-16-40-15-14-39-13-12-38-11-10-37-9-8-32(34)35/h2-31H2,1H3,(H,34,35). The summed E-state index contributed by atoms with van der Waals surface area (Å²) in [5.41, 5.74) is 0. The molecule has 0 heterocycles. The number of carboxylic acids is 1. The van der Waals surface area contributed by atoms with Crippen molar-refractivity contribution < 1.29 is 71.5 Å².